The van der Waals surface area contributed by atoms with E-state index in [2.05, 4.69) is 22.0 Å². The van der Waals surface area contributed by atoms with E-state index in [0.717, 1.165) is 51.7 Å². The average molecular weight is 269 g/mol. The lowest BCUT2D eigenvalue weighted by Gasteiger charge is -2.36. The summed E-state index contributed by atoms with van der Waals surface area (Å²) in [6, 6.07) is 0.675. The molecule has 0 amide bonds. The van der Waals surface area contributed by atoms with E-state index in [9.17, 15) is 4.79 Å². The minimum Gasteiger partial charge on any atom is -0.468 e. The van der Waals surface area contributed by atoms with Gasteiger partial charge in [-0.2, -0.15) is 0 Å². The molecule has 1 aliphatic carbocycles. The molecule has 0 radical (unpaired) electrons. The smallest absolute Gasteiger partial charge is 0.324 e. The quantitative estimate of drug-likeness (QED) is 0.674. The Bertz CT molecular complexity index is 286. The molecular weight excluding hydrogens is 242 g/mol. The number of carbonyl (C=O) groups is 1. The fraction of sp³-hybridized carbons (Fsp3) is 0.929. The first-order chi connectivity index (χ1) is 9.24. The molecule has 19 heavy (non-hydrogen) atoms. The summed E-state index contributed by atoms with van der Waals surface area (Å²) in [6.07, 6.45) is 3.79. The molecule has 0 aromatic heterocycles. The number of rotatable bonds is 7. The number of hydrogen-bond donors (Lipinski definition) is 1. The minimum absolute atomic E-state index is 0.141. The molecule has 2 aliphatic rings. The van der Waals surface area contributed by atoms with Gasteiger partial charge >= 0.3 is 5.97 Å². The van der Waals surface area contributed by atoms with Crippen molar-refractivity contribution < 1.29 is 9.53 Å². The topological polar surface area (TPSA) is 44.8 Å². The predicted octanol–water partition coefficient (Wildman–Crippen LogP) is 0.308. The van der Waals surface area contributed by atoms with E-state index in [-0.39, 0.29) is 12.0 Å². The first kappa shape index (κ1) is 14.8. The third-order valence-electron chi connectivity index (χ3n) is 4.04. The highest BCUT2D eigenvalue weighted by Crippen LogP contribution is 2.27. The van der Waals surface area contributed by atoms with E-state index in [0.29, 0.717) is 0 Å². The zero-order valence-corrected chi connectivity index (χ0v) is 12.2. The Labute approximate surface area is 116 Å². The molecule has 0 aromatic carbocycles. The molecule has 1 N–H and O–H groups in total. The van der Waals surface area contributed by atoms with Gasteiger partial charge in [0.2, 0.25) is 0 Å². The monoisotopic (exact) mass is 269 g/mol. The SMILES string of the molecule is CCCNC(CN1CCN(C2CC2)CC1)C(=O)OC. The Morgan fingerprint density at radius 2 is 2.00 bits per heavy atom. The Balaban J connectivity index is 1.75. The Morgan fingerprint density at radius 1 is 1.32 bits per heavy atom. The van der Waals surface area contributed by atoms with Crippen LogP contribution in [0.15, 0.2) is 0 Å². The van der Waals surface area contributed by atoms with Crippen LogP contribution in [0.2, 0.25) is 0 Å². The molecule has 1 heterocycles. The molecule has 2 rings (SSSR count). The molecule has 1 aliphatic heterocycles. The van der Waals surface area contributed by atoms with Crippen molar-refractivity contribution >= 4 is 5.97 Å². The normalized spacial score (nSPS) is 23.3. The lowest BCUT2D eigenvalue weighted by atomic mass is 10.2. The van der Waals surface area contributed by atoms with Gasteiger partial charge in [0.25, 0.3) is 0 Å². The van der Waals surface area contributed by atoms with Crippen molar-refractivity contribution in [2.45, 2.75) is 38.3 Å². The number of methoxy groups -OCH3 is 1. The maximum Gasteiger partial charge on any atom is 0.324 e. The fourth-order valence-electron chi connectivity index (χ4n) is 2.69. The summed E-state index contributed by atoms with van der Waals surface area (Å²) in [4.78, 5) is 16.7. The Hall–Kier alpha value is -0.650. The summed E-state index contributed by atoms with van der Waals surface area (Å²) in [7, 11) is 1.47. The number of nitrogens with one attached hydrogen (secondary N) is 1. The second kappa shape index (κ2) is 7.22. The van der Waals surface area contributed by atoms with Crippen LogP contribution in [0, 0.1) is 0 Å². The molecule has 2 fully saturated rings. The summed E-state index contributed by atoms with van der Waals surface area (Å²) in [6.45, 7) is 8.16. The maximum atomic E-state index is 11.8. The lowest BCUT2D eigenvalue weighted by molar-refractivity contribution is -0.143. The van der Waals surface area contributed by atoms with Gasteiger partial charge in [0, 0.05) is 38.8 Å². The molecule has 1 saturated heterocycles. The van der Waals surface area contributed by atoms with Crippen LogP contribution in [0.1, 0.15) is 26.2 Å². The van der Waals surface area contributed by atoms with Crippen LogP contribution in [0.25, 0.3) is 0 Å². The molecule has 0 bridgehead atoms. The second-order valence-corrected chi connectivity index (χ2v) is 5.60. The van der Waals surface area contributed by atoms with Gasteiger partial charge in [-0.1, -0.05) is 6.92 Å². The number of carbonyl (C=O) groups excluding carboxylic acids is 1. The van der Waals surface area contributed by atoms with Crippen LogP contribution in [-0.4, -0.2) is 74.2 Å². The first-order valence-corrected chi connectivity index (χ1v) is 7.52. The molecule has 0 spiro atoms. The van der Waals surface area contributed by atoms with Crippen molar-refractivity contribution in [2.75, 3.05) is 46.4 Å². The molecule has 1 saturated carbocycles. The van der Waals surface area contributed by atoms with Gasteiger partial charge in [-0.3, -0.25) is 14.6 Å². The second-order valence-electron chi connectivity index (χ2n) is 5.60. The third kappa shape index (κ3) is 4.44. The third-order valence-corrected chi connectivity index (χ3v) is 4.04. The molecule has 1 atom stereocenters. The van der Waals surface area contributed by atoms with Gasteiger partial charge in [-0.25, -0.2) is 0 Å². The van der Waals surface area contributed by atoms with Crippen LogP contribution in [0.3, 0.4) is 0 Å². The van der Waals surface area contributed by atoms with E-state index >= 15 is 0 Å². The van der Waals surface area contributed by atoms with Crippen molar-refractivity contribution in [1.82, 2.24) is 15.1 Å². The highest BCUT2D eigenvalue weighted by atomic mass is 16.5. The number of esters is 1. The fourth-order valence-corrected chi connectivity index (χ4v) is 2.69. The van der Waals surface area contributed by atoms with Gasteiger partial charge in [-0.15, -0.1) is 0 Å². The van der Waals surface area contributed by atoms with Crippen molar-refractivity contribution in [1.29, 1.82) is 0 Å². The largest absolute Gasteiger partial charge is 0.468 e. The summed E-state index contributed by atoms with van der Waals surface area (Å²) >= 11 is 0. The van der Waals surface area contributed by atoms with Crippen LogP contribution in [0.4, 0.5) is 0 Å². The highest BCUT2D eigenvalue weighted by Gasteiger charge is 2.32. The van der Waals surface area contributed by atoms with Crippen LogP contribution >= 0.6 is 0 Å². The van der Waals surface area contributed by atoms with E-state index < -0.39 is 0 Å². The number of nitrogens with zero attached hydrogens (tertiary/aromatic N) is 2. The number of ether oxygens (including phenoxy) is 1. The zero-order chi connectivity index (χ0) is 13.7. The molecule has 1 unspecified atom stereocenters. The zero-order valence-electron chi connectivity index (χ0n) is 12.2. The summed E-state index contributed by atoms with van der Waals surface area (Å²) in [5.41, 5.74) is 0. The molecular formula is C14H27N3O2. The van der Waals surface area contributed by atoms with E-state index in [1.54, 1.807) is 0 Å². The van der Waals surface area contributed by atoms with Gasteiger partial charge < -0.3 is 10.1 Å². The van der Waals surface area contributed by atoms with E-state index in [1.807, 2.05) is 0 Å². The van der Waals surface area contributed by atoms with Gasteiger partial charge in [-0.05, 0) is 25.8 Å². The standard InChI is InChI=1S/C14H27N3O2/c1-3-6-15-13(14(18)19-2)11-16-7-9-17(10-8-16)12-4-5-12/h12-13,15H,3-11H2,1-2H3. The van der Waals surface area contributed by atoms with Crippen molar-refractivity contribution in [2.24, 2.45) is 0 Å². The summed E-state index contributed by atoms with van der Waals surface area (Å²) in [5, 5.41) is 3.28. The molecule has 5 nitrogen and oxygen atoms in total. The minimum atomic E-state index is -0.183. The number of hydrogen-bond acceptors (Lipinski definition) is 5. The van der Waals surface area contributed by atoms with E-state index in [4.69, 9.17) is 4.74 Å². The Kier molecular flexibility index (Phi) is 5.60. The summed E-state index contributed by atoms with van der Waals surface area (Å²) in [5.74, 6) is -0.141. The van der Waals surface area contributed by atoms with Crippen molar-refractivity contribution in [3.05, 3.63) is 0 Å². The van der Waals surface area contributed by atoms with Gasteiger partial charge in [0.05, 0.1) is 7.11 Å². The highest BCUT2D eigenvalue weighted by molar-refractivity contribution is 5.75. The van der Waals surface area contributed by atoms with E-state index in [1.165, 1.54) is 20.0 Å². The van der Waals surface area contributed by atoms with Gasteiger partial charge in [0.1, 0.15) is 6.04 Å². The van der Waals surface area contributed by atoms with Crippen LogP contribution in [-0.2, 0) is 9.53 Å². The molecule has 5 heteroatoms. The van der Waals surface area contributed by atoms with Crippen LogP contribution in [0.5, 0.6) is 0 Å². The average Bonchev–Trinajstić information content (AvgIpc) is 3.28. The van der Waals surface area contributed by atoms with Crippen molar-refractivity contribution in [3.63, 3.8) is 0 Å². The Morgan fingerprint density at radius 3 is 2.53 bits per heavy atom. The van der Waals surface area contributed by atoms with Gasteiger partial charge in [0.15, 0.2) is 0 Å². The number of piperazine rings is 1. The summed E-state index contributed by atoms with van der Waals surface area (Å²) < 4.78 is 4.88. The molecule has 110 valence electrons. The molecule has 0 aromatic rings. The predicted molar refractivity (Wildman–Crippen MR) is 75.1 cm³/mol. The van der Waals surface area contributed by atoms with Crippen LogP contribution < -0.4 is 5.32 Å². The maximum absolute atomic E-state index is 11.8. The first-order valence-electron chi connectivity index (χ1n) is 7.52. The lowest BCUT2D eigenvalue weighted by Crippen LogP contribution is -2.53. The van der Waals surface area contributed by atoms with Crippen molar-refractivity contribution in [3.8, 4) is 0 Å².